The van der Waals surface area contributed by atoms with E-state index in [2.05, 4.69) is 22.8 Å². The quantitative estimate of drug-likeness (QED) is 0.824. The first-order valence-electron chi connectivity index (χ1n) is 9.49. The monoisotopic (exact) mass is 365 g/mol. The highest BCUT2D eigenvalue weighted by molar-refractivity contribution is 5.96. The summed E-state index contributed by atoms with van der Waals surface area (Å²) < 4.78 is 0. The number of urea groups is 1. The van der Waals surface area contributed by atoms with Crippen molar-refractivity contribution in [1.82, 2.24) is 10.6 Å². The van der Waals surface area contributed by atoms with Crippen molar-refractivity contribution < 1.29 is 9.59 Å². The predicted octanol–water partition coefficient (Wildman–Crippen LogP) is 3.42. The fourth-order valence-corrected chi connectivity index (χ4v) is 3.33. The Morgan fingerprint density at radius 1 is 1.15 bits per heavy atom. The van der Waals surface area contributed by atoms with Crippen molar-refractivity contribution in [3.8, 4) is 0 Å². The molecule has 0 radical (unpaired) electrons. The molecule has 1 saturated heterocycles. The molecule has 1 fully saturated rings. The van der Waals surface area contributed by atoms with Gasteiger partial charge in [0, 0.05) is 24.7 Å². The van der Waals surface area contributed by atoms with E-state index in [1.807, 2.05) is 56.3 Å². The van der Waals surface area contributed by atoms with E-state index in [-0.39, 0.29) is 24.0 Å². The van der Waals surface area contributed by atoms with Crippen LogP contribution in [0.2, 0.25) is 0 Å². The van der Waals surface area contributed by atoms with Crippen LogP contribution in [-0.2, 0) is 11.2 Å². The molecule has 142 valence electrons. The SMILES string of the molecule is Cc1ccc(N2C[C@H](NC(=O)N[C@H](C)CCc3ccccc3)CC2=O)cc1. The van der Waals surface area contributed by atoms with Crippen molar-refractivity contribution in [3.63, 3.8) is 0 Å². The predicted molar refractivity (Wildman–Crippen MR) is 108 cm³/mol. The Hall–Kier alpha value is -2.82. The van der Waals surface area contributed by atoms with Crippen molar-refractivity contribution in [2.75, 3.05) is 11.4 Å². The van der Waals surface area contributed by atoms with Gasteiger partial charge in [0.1, 0.15) is 0 Å². The summed E-state index contributed by atoms with van der Waals surface area (Å²) in [5, 5.41) is 5.91. The first-order valence-corrected chi connectivity index (χ1v) is 9.49. The third-order valence-corrected chi connectivity index (χ3v) is 4.89. The number of nitrogens with one attached hydrogen (secondary N) is 2. The van der Waals surface area contributed by atoms with Crippen LogP contribution in [-0.4, -0.2) is 30.6 Å². The fourth-order valence-electron chi connectivity index (χ4n) is 3.33. The lowest BCUT2D eigenvalue weighted by Crippen LogP contribution is -2.46. The average Bonchev–Trinajstić information content (AvgIpc) is 3.01. The van der Waals surface area contributed by atoms with Gasteiger partial charge >= 0.3 is 6.03 Å². The Morgan fingerprint density at radius 3 is 2.56 bits per heavy atom. The van der Waals surface area contributed by atoms with Gasteiger partial charge in [-0.05, 0) is 44.4 Å². The maximum absolute atomic E-state index is 12.3. The topological polar surface area (TPSA) is 61.4 Å². The fraction of sp³-hybridized carbons (Fsp3) is 0.364. The first-order chi connectivity index (χ1) is 13.0. The van der Waals surface area contributed by atoms with Crippen LogP contribution in [0.5, 0.6) is 0 Å². The number of carbonyl (C=O) groups excluding carboxylic acids is 2. The van der Waals surface area contributed by atoms with E-state index >= 15 is 0 Å². The number of hydrogen-bond donors (Lipinski definition) is 2. The Balaban J connectivity index is 1.45. The van der Waals surface area contributed by atoms with E-state index in [0.717, 1.165) is 24.1 Å². The molecule has 0 unspecified atom stereocenters. The van der Waals surface area contributed by atoms with Crippen molar-refractivity contribution in [2.24, 2.45) is 0 Å². The smallest absolute Gasteiger partial charge is 0.315 e. The standard InChI is InChI=1S/C22H27N3O2/c1-16-8-12-20(13-9-16)25-15-19(14-21(25)26)24-22(27)23-17(2)10-11-18-6-4-3-5-7-18/h3-9,12-13,17,19H,10-11,14-15H2,1-2H3,(H2,23,24,27)/t17-,19-/m1/s1. The molecule has 2 aromatic carbocycles. The third-order valence-electron chi connectivity index (χ3n) is 4.89. The molecule has 0 aliphatic carbocycles. The Kier molecular flexibility index (Phi) is 6.12. The van der Waals surface area contributed by atoms with E-state index in [0.29, 0.717) is 13.0 Å². The van der Waals surface area contributed by atoms with Crippen molar-refractivity contribution in [1.29, 1.82) is 0 Å². The van der Waals surface area contributed by atoms with Gasteiger partial charge < -0.3 is 15.5 Å². The summed E-state index contributed by atoms with van der Waals surface area (Å²) in [5.74, 6) is 0.0429. The van der Waals surface area contributed by atoms with Gasteiger partial charge in [0.15, 0.2) is 0 Å². The van der Waals surface area contributed by atoms with Crippen LogP contribution < -0.4 is 15.5 Å². The molecular weight excluding hydrogens is 338 g/mol. The molecule has 3 amide bonds. The minimum atomic E-state index is -0.209. The molecule has 2 N–H and O–H groups in total. The summed E-state index contributed by atoms with van der Waals surface area (Å²) in [6.45, 7) is 4.53. The molecule has 1 aliphatic rings. The Bertz CT molecular complexity index is 774. The van der Waals surface area contributed by atoms with Gasteiger partial charge in [0.2, 0.25) is 5.91 Å². The molecule has 5 nitrogen and oxygen atoms in total. The number of anilines is 1. The van der Waals surface area contributed by atoms with Crippen LogP contribution in [0.1, 0.15) is 30.9 Å². The molecule has 2 aromatic rings. The summed E-state index contributed by atoms with van der Waals surface area (Å²) in [4.78, 5) is 26.3. The molecule has 0 aromatic heterocycles. The summed E-state index contributed by atoms with van der Waals surface area (Å²) in [6, 6.07) is 17.8. The lowest BCUT2D eigenvalue weighted by Gasteiger charge is -2.19. The lowest BCUT2D eigenvalue weighted by atomic mass is 10.1. The number of nitrogens with zero attached hydrogens (tertiary/aromatic N) is 1. The third kappa shape index (κ3) is 5.33. The Morgan fingerprint density at radius 2 is 1.85 bits per heavy atom. The van der Waals surface area contributed by atoms with Crippen molar-refractivity contribution >= 4 is 17.6 Å². The molecule has 1 aliphatic heterocycles. The van der Waals surface area contributed by atoms with Crippen LogP contribution in [0, 0.1) is 6.92 Å². The van der Waals surface area contributed by atoms with E-state index in [1.165, 1.54) is 5.56 Å². The maximum Gasteiger partial charge on any atom is 0.315 e. The van der Waals surface area contributed by atoms with Crippen LogP contribution in [0.3, 0.4) is 0 Å². The molecule has 0 bridgehead atoms. The molecule has 0 spiro atoms. The van der Waals surface area contributed by atoms with Gasteiger partial charge in [-0.25, -0.2) is 4.79 Å². The first kappa shape index (κ1) is 19.0. The number of benzene rings is 2. The van der Waals surface area contributed by atoms with E-state index in [4.69, 9.17) is 0 Å². The zero-order valence-corrected chi connectivity index (χ0v) is 15.9. The zero-order chi connectivity index (χ0) is 19.2. The normalized spacial score (nSPS) is 17.6. The molecular formula is C22H27N3O2. The number of carbonyl (C=O) groups is 2. The molecule has 5 heteroatoms. The van der Waals surface area contributed by atoms with Gasteiger partial charge in [0.25, 0.3) is 0 Å². The van der Waals surface area contributed by atoms with E-state index in [9.17, 15) is 9.59 Å². The number of aryl methyl sites for hydroxylation is 2. The summed E-state index contributed by atoms with van der Waals surface area (Å²) in [5.41, 5.74) is 3.30. The van der Waals surface area contributed by atoms with Gasteiger partial charge in [-0.2, -0.15) is 0 Å². The molecule has 0 saturated carbocycles. The molecule has 3 rings (SSSR count). The number of rotatable bonds is 6. The second-order valence-electron chi connectivity index (χ2n) is 7.28. The highest BCUT2D eigenvalue weighted by Gasteiger charge is 2.31. The molecule has 27 heavy (non-hydrogen) atoms. The van der Waals surface area contributed by atoms with Crippen molar-refractivity contribution in [2.45, 2.75) is 45.2 Å². The average molecular weight is 365 g/mol. The summed E-state index contributed by atoms with van der Waals surface area (Å²) in [7, 11) is 0. The lowest BCUT2D eigenvalue weighted by molar-refractivity contribution is -0.117. The van der Waals surface area contributed by atoms with Gasteiger partial charge in [-0.3, -0.25) is 4.79 Å². The van der Waals surface area contributed by atoms with Gasteiger partial charge in [0.05, 0.1) is 6.04 Å². The highest BCUT2D eigenvalue weighted by atomic mass is 16.2. The minimum Gasteiger partial charge on any atom is -0.336 e. The van der Waals surface area contributed by atoms with E-state index in [1.54, 1.807) is 4.90 Å². The summed E-state index contributed by atoms with van der Waals surface area (Å²) >= 11 is 0. The molecule has 1 heterocycles. The summed E-state index contributed by atoms with van der Waals surface area (Å²) in [6.07, 6.45) is 2.13. The second-order valence-corrected chi connectivity index (χ2v) is 7.28. The van der Waals surface area contributed by atoms with Crippen LogP contribution in [0.4, 0.5) is 10.5 Å². The number of amides is 3. The van der Waals surface area contributed by atoms with Crippen molar-refractivity contribution in [3.05, 3.63) is 65.7 Å². The van der Waals surface area contributed by atoms with Crippen LogP contribution >= 0.6 is 0 Å². The van der Waals surface area contributed by atoms with Gasteiger partial charge in [-0.1, -0.05) is 48.0 Å². The maximum atomic E-state index is 12.3. The second kappa shape index (κ2) is 8.71. The van der Waals surface area contributed by atoms with Crippen LogP contribution in [0.15, 0.2) is 54.6 Å². The van der Waals surface area contributed by atoms with E-state index < -0.39 is 0 Å². The van der Waals surface area contributed by atoms with Crippen LogP contribution in [0.25, 0.3) is 0 Å². The highest BCUT2D eigenvalue weighted by Crippen LogP contribution is 2.21. The molecule has 2 atom stereocenters. The zero-order valence-electron chi connectivity index (χ0n) is 15.9. The van der Waals surface area contributed by atoms with Gasteiger partial charge in [-0.15, -0.1) is 0 Å². The largest absolute Gasteiger partial charge is 0.336 e. The minimum absolute atomic E-state index is 0.0429. The Labute approximate surface area is 160 Å². The number of hydrogen-bond acceptors (Lipinski definition) is 2.